The molecule has 0 saturated heterocycles. The molecule has 0 aliphatic carbocycles. The molecule has 0 aromatic heterocycles. The van der Waals surface area contributed by atoms with Crippen LogP contribution >= 0.6 is 11.6 Å². The molecule has 0 atom stereocenters. The quantitative estimate of drug-likeness (QED) is 0.482. The highest BCUT2D eigenvalue weighted by Gasteiger charge is 2.13. The Morgan fingerprint density at radius 1 is 1.20 bits per heavy atom. The van der Waals surface area contributed by atoms with Crippen molar-refractivity contribution < 1.29 is 14.5 Å². The number of ether oxygens (including phenoxy) is 1. The fraction of sp³-hybridized carbons (Fsp3) is 0.0714. The number of non-ortho nitro benzene ring substituents is 1. The number of halogens is 1. The van der Waals surface area contributed by atoms with Gasteiger partial charge < -0.3 is 4.74 Å². The van der Waals surface area contributed by atoms with E-state index in [1.165, 1.54) is 12.1 Å². The third kappa shape index (κ3) is 2.95. The lowest BCUT2D eigenvalue weighted by Gasteiger charge is -2.10. The van der Waals surface area contributed by atoms with Crippen molar-refractivity contribution in [3.05, 3.63) is 62.7 Å². The molecule has 0 spiro atoms. The van der Waals surface area contributed by atoms with E-state index < -0.39 is 4.92 Å². The van der Waals surface area contributed by atoms with Crippen molar-refractivity contribution in [2.24, 2.45) is 0 Å². The molecule has 0 unspecified atom stereocenters. The number of hydrogen-bond donors (Lipinski definition) is 0. The van der Waals surface area contributed by atoms with Gasteiger partial charge in [0.05, 0.1) is 15.5 Å². The summed E-state index contributed by atoms with van der Waals surface area (Å²) >= 11 is 6.00. The van der Waals surface area contributed by atoms with E-state index in [2.05, 4.69) is 0 Å². The largest absolute Gasteiger partial charge is 0.455 e. The van der Waals surface area contributed by atoms with Gasteiger partial charge in [-0.3, -0.25) is 14.9 Å². The Balaban J connectivity index is 2.40. The van der Waals surface area contributed by atoms with Crippen LogP contribution in [0.15, 0.2) is 36.4 Å². The average Bonchev–Trinajstić information content (AvgIpc) is 2.43. The summed E-state index contributed by atoms with van der Waals surface area (Å²) in [5.41, 5.74) is 0.866. The molecule has 0 bridgehead atoms. The molecule has 0 radical (unpaired) electrons. The Labute approximate surface area is 119 Å². The molecule has 2 aromatic rings. The van der Waals surface area contributed by atoms with Gasteiger partial charge in [0.1, 0.15) is 11.5 Å². The molecule has 20 heavy (non-hydrogen) atoms. The van der Waals surface area contributed by atoms with Gasteiger partial charge in [0, 0.05) is 12.1 Å². The van der Waals surface area contributed by atoms with E-state index in [0.29, 0.717) is 17.1 Å². The van der Waals surface area contributed by atoms with Gasteiger partial charge in [-0.1, -0.05) is 17.7 Å². The van der Waals surface area contributed by atoms with Crippen LogP contribution in [-0.2, 0) is 0 Å². The maximum Gasteiger partial charge on any atom is 0.270 e. The number of benzene rings is 2. The molecule has 0 fully saturated rings. The number of carbonyl (C=O) groups excluding carboxylic acids is 1. The molecule has 0 N–H and O–H groups in total. The standard InChI is InChI=1S/C14H10ClNO4/c1-9-2-4-12(15)14(6-9)20-13-5-3-11(16(18)19)7-10(13)8-17/h2-8H,1H3. The summed E-state index contributed by atoms with van der Waals surface area (Å²) in [6, 6.07) is 9.03. The molecule has 0 aliphatic rings. The number of aryl methyl sites for hydroxylation is 1. The van der Waals surface area contributed by atoms with E-state index in [0.717, 1.165) is 11.6 Å². The summed E-state index contributed by atoms with van der Waals surface area (Å²) < 4.78 is 5.56. The smallest absolute Gasteiger partial charge is 0.270 e. The number of nitrogens with zero attached hydrogens (tertiary/aromatic N) is 1. The monoisotopic (exact) mass is 291 g/mol. The first kappa shape index (κ1) is 14.0. The summed E-state index contributed by atoms with van der Waals surface area (Å²) in [4.78, 5) is 21.1. The SMILES string of the molecule is Cc1ccc(Cl)c(Oc2ccc([N+](=O)[O-])cc2C=O)c1. The van der Waals surface area contributed by atoms with Crippen LogP contribution in [0.25, 0.3) is 0 Å². The fourth-order valence-corrected chi connectivity index (χ4v) is 1.80. The minimum absolute atomic E-state index is 0.0942. The lowest BCUT2D eigenvalue weighted by atomic mass is 10.2. The summed E-state index contributed by atoms with van der Waals surface area (Å²) in [7, 11) is 0. The van der Waals surface area contributed by atoms with Crippen LogP contribution in [0.4, 0.5) is 5.69 Å². The average molecular weight is 292 g/mol. The van der Waals surface area contributed by atoms with Gasteiger partial charge in [-0.2, -0.15) is 0 Å². The number of aldehydes is 1. The van der Waals surface area contributed by atoms with Gasteiger partial charge in [0.2, 0.25) is 0 Å². The van der Waals surface area contributed by atoms with Gasteiger partial charge in [-0.15, -0.1) is 0 Å². The summed E-state index contributed by atoms with van der Waals surface area (Å²) in [6.07, 6.45) is 0.506. The van der Waals surface area contributed by atoms with E-state index in [4.69, 9.17) is 16.3 Å². The van der Waals surface area contributed by atoms with Gasteiger partial charge in [-0.25, -0.2) is 0 Å². The van der Waals surface area contributed by atoms with Gasteiger partial charge >= 0.3 is 0 Å². The Hall–Kier alpha value is -2.40. The van der Waals surface area contributed by atoms with E-state index in [1.54, 1.807) is 12.1 Å². The molecule has 0 amide bonds. The number of nitro groups is 1. The highest BCUT2D eigenvalue weighted by molar-refractivity contribution is 6.32. The molecule has 5 nitrogen and oxygen atoms in total. The lowest BCUT2D eigenvalue weighted by Crippen LogP contribution is -1.94. The van der Waals surface area contributed by atoms with Crippen LogP contribution in [0, 0.1) is 17.0 Å². The van der Waals surface area contributed by atoms with Crippen LogP contribution in [0.5, 0.6) is 11.5 Å². The Morgan fingerprint density at radius 3 is 2.60 bits per heavy atom. The number of carbonyl (C=O) groups is 1. The number of nitro benzene ring substituents is 1. The van der Waals surface area contributed by atoms with Crippen LogP contribution in [-0.4, -0.2) is 11.2 Å². The third-order valence-electron chi connectivity index (χ3n) is 2.64. The lowest BCUT2D eigenvalue weighted by molar-refractivity contribution is -0.384. The van der Waals surface area contributed by atoms with Crippen LogP contribution < -0.4 is 4.74 Å². The second kappa shape index (κ2) is 5.71. The van der Waals surface area contributed by atoms with Gasteiger partial charge in [0.15, 0.2) is 6.29 Å². The fourth-order valence-electron chi connectivity index (χ4n) is 1.64. The maximum absolute atomic E-state index is 11.0. The highest BCUT2D eigenvalue weighted by atomic mass is 35.5. The minimum atomic E-state index is -0.573. The van der Waals surface area contributed by atoms with Crippen molar-refractivity contribution in [2.75, 3.05) is 0 Å². The zero-order valence-corrected chi connectivity index (χ0v) is 11.3. The molecular formula is C14H10ClNO4. The predicted octanol–water partition coefficient (Wildman–Crippen LogP) is 4.16. The molecular weight excluding hydrogens is 282 g/mol. The van der Waals surface area contributed by atoms with Gasteiger partial charge in [-0.05, 0) is 30.7 Å². The molecule has 6 heteroatoms. The van der Waals surface area contributed by atoms with Gasteiger partial charge in [0.25, 0.3) is 5.69 Å². The topological polar surface area (TPSA) is 69.4 Å². The van der Waals surface area contributed by atoms with E-state index in [-0.39, 0.29) is 17.0 Å². The van der Waals surface area contributed by atoms with Crippen molar-refractivity contribution in [1.29, 1.82) is 0 Å². The van der Waals surface area contributed by atoms with E-state index >= 15 is 0 Å². The Morgan fingerprint density at radius 2 is 1.95 bits per heavy atom. The van der Waals surface area contributed by atoms with Crippen molar-refractivity contribution in [3.8, 4) is 11.5 Å². The first-order chi connectivity index (χ1) is 9.51. The molecule has 0 aliphatic heterocycles. The van der Waals surface area contributed by atoms with E-state index in [1.807, 2.05) is 13.0 Å². The summed E-state index contributed by atoms with van der Waals surface area (Å²) in [6.45, 7) is 1.87. The zero-order chi connectivity index (χ0) is 14.7. The second-order valence-electron chi connectivity index (χ2n) is 4.13. The first-order valence-electron chi connectivity index (χ1n) is 5.69. The molecule has 2 rings (SSSR count). The van der Waals surface area contributed by atoms with Crippen molar-refractivity contribution in [3.63, 3.8) is 0 Å². The molecule has 102 valence electrons. The van der Waals surface area contributed by atoms with E-state index in [9.17, 15) is 14.9 Å². The first-order valence-corrected chi connectivity index (χ1v) is 6.06. The van der Waals surface area contributed by atoms with Crippen molar-refractivity contribution >= 4 is 23.6 Å². The molecule has 0 heterocycles. The normalized spacial score (nSPS) is 10.1. The number of rotatable bonds is 4. The maximum atomic E-state index is 11.0. The Kier molecular flexibility index (Phi) is 4.00. The van der Waals surface area contributed by atoms with Crippen LogP contribution in [0.3, 0.4) is 0 Å². The Bertz CT molecular complexity index is 685. The minimum Gasteiger partial charge on any atom is -0.455 e. The van der Waals surface area contributed by atoms with Crippen molar-refractivity contribution in [2.45, 2.75) is 6.92 Å². The van der Waals surface area contributed by atoms with Crippen molar-refractivity contribution in [1.82, 2.24) is 0 Å². The highest BCUT2D eigenvalue weighted by Crippen LogP contribution is 2.32. The molecule has 0 saturated carbocycles. The molecule has 2 aromatic carbocycles. The zero-order valence-electron chi connectivity index (χ0n) is 10.5. The summed E-state index contributed by atoms with van der Waals surface area (Å²) in [5.74, 6) is 0.613. The second-order valence-corrected chi connectivity index (χ2v) is 4.54. The van der Waals surface area contributed by atoms with Crippen LogP contribution in [0.1, 0.15) is 15.9 Å². The number of hydrogen-bond acceptors (Lipinski definition) is 4. The predicted molar refractivity (Wildman–Crippen MR) is 74.7 cm³/mol. The summed E-state index contributed by atoms with van der Waals surface area (Å²) in [5, 5.41) is 11.1. The third-order valence-corrected chi connectivity index (χ3v) is 2.95. The van der Waals surface area contributed by atoms with Crippen LogP contribution in [0.2, 0.25) is 5.02 Å².